The van der Waals surface area contributed by atoms with Gasteiger partial charge in [-0.25, -0.2) is 0 Å². The molecule has 1 aromatic rings. The van der Waals surface area contributed by atoms with E-state index in [4.69, 9.17) is 5.11 Å². The Labute approximate surface area is 117 Å². The van der Waals surface area contributed by atoms with E-state index in [-0.39, 0.29) is 23.3 Å². The van der Waals surface area contributed by atoms with Gasteiger partial charge in [-0.1, -0.05) is 18.2 Å². The Morgan fingerprint density at radius 3 is 2.84 bits per heavy atom. The lowest BCUT2D eigenvalue weighted by atomic mass is 10.1. The molecule has 5 nitrogen and oxygen atoms in total. The Kier molecular flexibility index (Phi) is 7.47. The predicted molar refractivity (Wildman–Crippen MR) is 78.5 cm³/mol. The van der Waals surface area contributed by atoms with E-state index in [0.29, 0.717) is 5.56 Å². The summed E-state index contributed by atoms with van der Waals surface area (Å²) in [5, 5.41) is 22.9. The van der Waals surface area contributed by atoms with E-state index in [9.17, 15) is 10.1 Å². The van der Waals surface area contributed by atoms with Crippen molar-refractivity contribution in [2.45, 2.75) is 19.4 Å². The molecule has 0 aliphatic rings. The summed E-state index contributed by atoms with van der Waals surface area (Å²) in [5.41, 5.74) is 0.878. The second kappa shape index (κ2) is 8.90. The summed E-state index contributed by atoms with van der Waals surface area (Å²) >= 11 is 1.77. The fraction of sp³-hybridized carbons (Fsp3) is 0.538. The van der Waals surface area contributed by atoms with Crippen molar-refractivity contribution < 1.29 is 10.0 Å². The molecule has 1 rings (SSSR count). The molecule has 0 heterocycles. The molecule has 0 saturated heterocycles. The van der Waals surface area contributed by atoms with Crippen molar-refractivity contribution in [1.82, 2.24) is 5.32 Å². The van der Waals surface area contributed by atoms with Gasteiger partial charge in [-0.15, -0.1) is 0 Å². The van der Waals surface area contributed by atoms with Crippen LogP contribution in [0.5, 0.6) is 0 Å². The second-order valence-corrected chi connectivity index (χ2v) is 5.41. The van der Waals surface area contributed by atoms with Gasteiger partial charge in [0.15, 0.2) is 0 Å². The van der Waals surface area contributed by atoms with E-state index >= 15 is 0 Å². The molecule has 0 fully saturated rings. The SMILES string of the molecule is CC(NCCSCCCO)c1ccccc1[N+](=O)[O-]. The number of hydrogen-bond acceptors (Lipinski definition) is 5. The highest BCUT2D eigenvalue weighted by atomic mass is 32.2. The van der Waals surface area contributed by atoms with E-state index in [1.165, 1.54) is 6.07 Å². The summed E-state index contributed by atoms with van der Waals surface area (Å²) in [7, 11) is 0. The van der Waals surface area contributed by atoms with Crippen LogP contribution in [0.25, 0.3) is 0 Å². The summed E-state index contributed by atoms with van der Waals surface area (Å²) in [4.78, 5) is 10.6. The molecule has 0 aliphatic heterocycles. The number of rotatable bonds is 9. The summed E-state index contributed by atoms with van der Waals surface area (Å²) < 4.78 is 0. The van der Waals surface area contributed by atoms with Crippen LogP contribution in [0.2, 0.25) is 0 Å². The molecule has 1 unspecified atom stereocenters. The highest BCUT2D eigenvalue weighted by Crippen LogP contribution is 2.24. The monoisotopic (exact) mass is 284 g/mol. The van der Waals surface area contributed by atoms with Gasteiger partial charge in [0.05, 0.1) is 4.92 Å². The predicted octanol–water partition coefficient (Wildman–Crippen LogP) is 2.36. The zero-order valence-corrected chi connectivity index (χ0v) is 11.9. The summed E-state index contributed by atoms with van der Waals surface area (Å²) in [6.45, 7) is 2.96. The maximum Gasteiger partial charge on any atom is 0.274 e. The van der Waals surface area contributed by atoms with Gasteiger partial charge in [-0.2, -0.15) is 11.8 Å². The van der Waals surface area contributed by atoms with Crippen LogP contribution in [-0.2, 0) is 0 Å². The van der Waals surface area contributed by atoms with E-state index in [0.717, 1.165) is 24.5 Å². The molecule has 0 saturated carbocycles. The van der Waals surface area contributed by atoms with Crippen LogP contribution in [0.1, 0.15) is 24.9 Å². The van der Waals surface area contributed by atoms with Gasteiger partial charge < -0.3 is 10.4 Å². The first kappa shape index (κ1) is 15.9. The van der Waals surface area contributed by atoms with Crippen molar-refractivity contribution in [2.75, 3.05) is 24.7 Å². The van der Waals surface area contributed by atoms with E-state index in [1.54, 1.807) is 23.9 Å². The minimum atomic E-state index is -0.344. The molecule has 1 aromatic carbocycles. The quantitative estimate of drug-likeness (QED) is 0.413. The van der Waals surface area contributed by atoms with Gasteiger partial charge in [0, 0.05) is 36.6 Å². The van der Waals surface area contributed by atoms with Gasteiger partial charge >= 0.3 is 0 Å². The van der Waals surface area contributed by atoms with E-state index < -0.39 is 0 Å². The van der Waals surface area contributed by atoms with Gasteiger partial charge in [0.25, 0.3) is 5.69 Å². The van der Waals surface area contributed by atoms with Crippen molar-refractivity contribution in [3.63, 3.8) is 0 Å². The normalized spacial score (nSPS) is 12.3. The average Bonchev–Trinajstić information content (AvgIpc) is 2.42. The summed E-state index contributed by atoms with van der Waals surface area (Å²) in [6.07, 6.45) is 0.810. The average molecular weight is 284 g/mol. The zero-order valence-electron chi connectivity index (χ0n) is 11.0. The highest BCUT2D eigenvalue weighted by molar-refractivity contribution is 7.99. The topological polar surface area (TPSA) is 75.4 Å². The van der Waals surface area contributed by atoms with Gasteiger partial charge in [-0.05, 0) is 19.1 Å². The smallest absolute Gasteiger partial charge is 0.274 e. The number of nitro benzene ring substituents is 1. The molecule has 0 aliphatic carbocycles. The first-order chi connectivity index (χ1) is 9.16. The zero-order chi connectivity index (χ0) is 14.1. The molecule has 2 N–H and O–H groups in total. The standard InChI is InChI=1S/C13H20N2O3S/c1-11(14-7-10-19-9-4-8-16)12-5-2-3-6-13(12)15(17)18/h2-3,5-6,11,14,16H,4,7-10H2,1H3. The molecule has 0 aromatic heterocycles. The van der Waals surface area contributed by atoms with Gasteiger partial charge in [-0.3, -0.25) is 10.1 Å². The van der Waals surface area contributed by atoms with Crippen LogP contribution in [0.4, 0.5) is 5.69 Å². The van der Waals surface area contributed by atoms with Crippen LogP contribution < -0.4 is 5.32 Å². The molecule has 19 heavy (non-hydrogen) atoms. The lowest BCUT2D eigenvalue weighted by Gasteiger charge is -2.14. The fourth-order valence-corrected chi connectivity index (χ4v) is 2.55. The van der Waals surface area contributed by atoms with Crippen molar-refractivity contribution in [3.8, 4) is 0 Å². The molecular formula is C13H20N2O3S. The lowest BCUT2D eigenvalue weighted by molar-refractivity contribution is -0.385. The third kappa shape index (κ3) is 5.59. The van der Waals surface area contributed by atoms with Crippen molar-refractivity contribution in [3.05, 3.63) is 39.9 Å². The first-order valence-electron chi connectivity index (χ1n) is 6.32. The molecule has 0 radical (unpaired) electrons. The van der Waals surface area contributed by atoms with Crippen LogP contribution in [0.15, 0.2) is 24.3 Å². The van der Waals surface area contributed by atoms with Crippen molar-refractivity contribution in [2.24, 2.45) is 0 Å². The van der Waals surface area contributed by atoms with Crippen LogP contribution in [0.3, 0.4) is 0 Å². The van der Waals surface area contributed by atoms with Crippen LogP contribution >= 0.6 is 11.8 Å². The van der Waals surface area contributed by atoms with Crippen molar-refractivity contribution >= 4 is 17.4 Å². The fourth-order valence-electron chi connectivity index (χ4n) is 1.75. The number of aliphatic hydroxyl groups is 1. The van der Waals surface area contributed by atoms with Crippen molar-refractivity contribution in [1.29, 1.82) is 0 Å². The Morgan fingerprint density at radius 2 is 2.16 bits per heavy atom. The summed E-state index contributed by atoms with van der Waals surface area (Å²) in [5.74, 6) is 1.88. The number of benzene rings is 1. The third-order valence-electron chi connectivity index (χ3n) is 2.74. The number of nitro groups is 1. The summed E-state index contributed by atoms with van der Waals surface area (Å²) in [6, 6.07) is 6.77. The maximum absolute atomic E-state index is 10.9. The minimum absolute atomic E-state index is 0.0416. The number of para-hydroxylation sites is 1. The number of thioether (sulfide) groups is 1. The Bertz CT molecular complexity index is 401. The molecule has 106 valence electrons. The molecule has 0 amide bonds. The number of hydrogen-bond donors (Lipinski definition) is 2. The molecular weight excluding hydrogens is 264 g/mol. The first-order valence-corrected chi connectivity index (χ1v) is 7.47. The maximum atomic E-state index is 10.9. The van der Waals surface area contributed by atoms with E-state index in [1.807, 2.05) is 13.0 Å². The minimum Gasteiger partial charge on any atom is -0.396 e. The Morgan fingerprint density at radius 1 is 1.42 bits per heavy atom. The van der Waals surface area contributed by atoms with Gasteiger partial charge in [0.2, 0.25) is 0 Å². The van der Waals surface area contributed by atoms with E-state index in [2.05, 4.69) is 5.32 Å². The number of aliphatic hydroxyl groups excluding tert-OH is 1. The molecule has 0 bridgehead atoms. The lowest BCUT2D eigenvalue weighted by Crippen LogP contribution is -2.22. The molecule has 1 atom stereocenters. The number of nitrogens with one attached hydrogen (secondary N) is 1. The van der Waals surface area contributed by atoms with Gasteiger partial charge in [0.1, 0.15) is 0 Å². The molecule has 0 spiro atoms. The largest absolute Gasteiger partial charge is 0.396 e. The Hall–Kier alpha value is -1.11. The highest BCUT2D eigenvalue weighted by Gasteiger charge is 2.17. The van der Waals surface area contributed by atoms with Crippen LogP contribution in [-0.4, -0.2) is 34.7 Å². The third-order valence-corrected chi connectivity index (χ3v) is 3.81. The molecule has 6 heteroatoms. The second-order valence-electron chi connectivity index (χ2n) is 4.18. The number of nitrogens with zero attached hydrogens (tertiary/aromatic N) is 1. The van der Waals surface area contributed by atoms with Crippen LogP contribution in [0, 0.1) is 10.1 Å². The Balaban J connectivity index is 2.41.